The fourth-order valence-electron chi connectivity index (χ4n) is 4.17. The number of halogens is 2. The predicted molar refractivity (Wildman–Crippen MR) is 126 cm³/mol. The minimum atomic E-state index is -0.500. The number of hydrogen-bond acceptors (Lipinski definition) is 4. The van der Waals surface area contributed by atoms with Gasteiger partial charge in [-0.15, -0.1) is 0 Å². The lowest BCUT2D eigenvalue weighted by Crippen LogP contribution is -2.21. The van der Waals surface area contributed by atoms with Crippen molar-refractivity contribution in [3.63, 3.8) is 0 Å². The number of pyridine rings is 1. The molecule has 168 valence electrons. The molecule has 8 heteroatoms. The Balaban J connectivity index is 1.75. The van der Waals surface area contributed by atoms with Crippen LogP contribution in [0.4, 0.5) is 4.39 Å². The third-order valence-electron chi connectivity index (χ3n) is 6.05. The number of hydrogen-bond donors (Lipinski definition) is 0. The molecule has 0 saturated heterocycles. The first-order valence-electron chi connectivity index (χ1n) is 10.6. The van der Waals surface area contributed by atoms with E-state index in [1.54, 1.807) is 36.9 Å². The monoisotopic (exact) mass is 464 g/mol. The third kappa shape index (κ3) is 3.87. The fraction of sp³-hybridized carbons (Fsp3) is 0.240. The molecule has 0 radical (unpaired) electrons. The van der Waals surface area contributed by atoms with E-state index in [0.29, 0.717) is 40.6 Å². The summed E-state index contributed by atoms with van der Waals surface area (Å²) >= 11 is 5.98. The normalized spacial score (nSPS) is 16.3. The van der Waals surface area contributed by atoms with Crippen molar-refractivity contribution in [2.75, 3.05) is 6.61 Å². The number of aryl methyl sites for hydroxylation is 2. The smallest absolute Gasteiger partial charge is 0.261 e. The molecule has 0 aliphatic carbocycles. The third-order valence-corrected chi connectivity index (χ3v) is 6.28. The fourth-order valence-corrected chi connectivity index (χ4v) is 4.32. The molecular weight excluding hydrogens is 443 g/mol. The van der Waals surface area contributed by atoms with Crippen molar-refractivity contribution in [2.24, 2.45) is 7.05 Å². The average Bonchev–Trinajstić information content (AvgIpc) is 3.23. The van der Waals surface area contributed by atoms with E-state index in [0.717, 1.165) is 16.7 Å². The van der Waals surface area contributed by atoms with Gasteiger partial charge in [0, 0.05) is 40.7 Å². The molecule has 1 unspecified atom stereocenters. The van der Waals surface area contributed by atoms with Crippen molar-refractivity contribution in [1.29, 1.82) is 0 Å². The van der Waals surface area contributed by atoms with Gasteiger partial charge in [-0.1, -0.05) is 11.6 Å². The largest absolute Gasteiger partial charge is 0.369 e. The molecule has 4 heterocycles. The van der Waals surface area contributed by atoms with E-state index < -0.39 is 5.82 Å². The van der Waals surface area contributed by atoms with Crippen molar-refractivity contribution >= 4 is 22.8 Å². The van der Waals surface area contributed by atoms with Crippen LogP contribution in [0, 0.1) is 19.7 Å². The summed E-state index contributed by atoms with van der Waals surface area (Å²) < 4.78 is 24.1. The van der Waals surface area contributed by atoms with Crippen LogP contribution >= 0.6 is 11.6 Å². The highest BCUT2D eigenvalue weighted by atomic mass is 35.5. The molecule has 0 N–H and O–H groups in total. The summed E-state index contributed by atoms with van der Waals surface area (Å²) in [4.78, 5) is 17.8. The van der Waals surface area contributed by atoms with Gasteiger partial charge in [-0.2, -0.15) is 5.10 Å². The van der Waals surface area contributed by atoms with E-state index in [2.05, 4.69) is 10.1 Å². The Kier molecular flexibility index (Phi) is 5.38. The first kappa shape index (κ1) is 21.6. The van der Waals surface area contributed by atoms with Crippen LogP contribution in [-0.4, -0.2) is 25.8 Å². The number of rotatable bonds is 3. The van der Waals surface area contributed by atoms with Crippen molar-refractivity contribution in [2.45, 2.75) is 26.4 Å². The van der Waals surface area contributed by atoms with E-state index in [1.165, 1.54) is 10.5 Å². The zero-order chi connectivity index (χ0) is 23.3. The summed E-state index contributed by atoms with van der Waals surface area (Å²) in [6.07, 6.45) is 6.21. The van der Waals surface area contributed by atoms with Crippen molar-refractivity contribution < 1.29 is 9.13 Å². The van der Waals surface area contributed by atoms with Crippen LogP contribution in [-0.2, 0) is 11.8 Å². The van der Waals surface area contributed by atoms with Crippen molar-refractivity contribution in [3.05, 3.63) is 92.4 Å². The van der Waals surface area contributed by atoms with Crippen LogP contribution in [0.15, 0.2) is 53.6 Å². The number of benzene rings is 1. The van der Waals surface area contributed by atoms with E-state index >= 15 is 0 Å². The molecule has 0 amide bonds. The maximum atomic E-state index is 15.0. The highest BCUT2D eigenvalue weighted by Crippen LogP contribution is 2.34. The van der Waals surface area contributed by atoms with Gasteiger partial charge in [0.2, 0.25) is 0 Å². The number of nitrogens with zero attached hydrogens (tertiary/aromatic N) is 4. The molecule has 0 bridgehead atoms. The molecule has 0 spiro atoms. The van der Waals surface area contributed by atoms with Crippen molar-refractivity contribution in [3.8, 4) is 11.3 Å². The summed E-state index contributed by atoms with van der Waals surface area (Å²) in [7, 11) is 1.86. The minimum Gasteiger partial charge on any atom is -0.369 e. The lowest BCUT2D eigenvalue weighted by atomic mass is 9.96. The molecule has 3 aromatic heterocycles. The molecule has 1 aliphatic heterocycles. The second-order valence-electron chi connectivity index (χ2n) is 8.26. The van der Waals surface area contributed by atoms with E-state index in [9.17, 15) is 9.18 Å². The van der Waals surface area contributed by atoms with Crippen LogP contribution in [0.2, 0.25) is 5.02 Å². The second kappa shape index (κ2) is 8.24. The highest BCUT2D eigenvalue weighted by Gasteiger charge is 2.21. The van der Waals surface area contributed by atoms with Crippen LogP contribution in [0.5, 0.6) is 0 Å². The molecular formula is C25H22ClFN4O2. The molecule has 4 aromatic rings. The zero-order valence-corrected chi connectivity index (χ0v) is 19.2. The van der Waals surface area contributed by atoms with Gasteiger partial charge in [0.05, 0.1) is 18.5 Å². The van der Waals surface area contributed by atoms with Crippen LogP contribution in [0.3, 0.4) is 0 Å². The van der Waals surface area contributed by atoms with Gasteiger partial charge in [-0.05, 0) is 67.8 Å². The second-order valence-corrected chi connectivity index (χ2v) is 8.69. The lowest BCUT2D eigenvalue weighted by Gasteiger charge is -2.22. The number of ether oxygens (including phenoxy) is 1. The average molecular weight is 465 g/mol. The summed E-state index contributed by atoms with van der Waals surface area (Å²) in [5, 5.41) is 4.53. The van der Waals surface area contributed by atoms with Gasteiger partial charge in [0.1, 0.15) is 17.6 Å². The minimum absolute atomic E-state index is 0.220. The van der Waals surface area contributed by atoms with Gasteiger partial charge >= 0.3 is 0 Å². The van der Waals surface area contributed by atoms with Gasteiger partial charge in [-0.3, -0.25) is 13.9 Å². The molecule has 33 heavy (non-hydrogen) atoms. The number of aromatic nitrogens is 4. The van der Waals surface area contributed by atoms with E-state index in [4.69, 9.17) is 16.3 Å². The molecule has 1 atom stereocenters. The Hall–Kier alpha value is -3.29. The van der Waals surface area contributed by atoms with Gasteiger partial charge < -0.3 is 4.74 Å². The van der Waals surface area contributed by atoms with Gasteiger partial charge in [0.25, 0.3) is 5.56 Å². The maximum absolute atomic E-state index is 15.0. The Morgan fingerprint density at radius 2 is 2.03 bits per heavy atom. The molecule has 0 fully saturated rings. The van der Waals surface area contributed by atoms with Crippen LogP contribution < -0.4 is 5.56 Å². The molecule has 1 aromatic carbocycles. The SMILES string of the molecule is Cc1nc2cc(C3=CC(c4cnn(C)c4)OCC3)cc(-c3ccc(Cl)cc3F)n2c(=O)c1C. The summed E-state index contributed by atoms with van der Waals surface area (Å²) in [6, 6.07) is 8.18. The van der Waals surface area contributed by atoms with Crippen molar-refractivity contribution in [1.82, 2.24) is 19.2 Å². The van der Waals surface area contributed by atoms with E-state index in [1.807, 2.05) is 31.5 Å². The first-order valence-corrected chi connectivity index (χ1v) is 11.0. The zero-order valence-electron chi connectivity index (χ0n) is 18.5. The predicted octanol–water partition coefficient (Wildman–Crippen LogP) is 5.05. The standard InChI is InChI=1S/C25H22ClFN4O2/c1-14-15(2)29-24-10-17(16-6-7-33-23(9-16)18-12-28-30(3)13-18)8-22(31(24)25(14)32)20-5-4-19(26)11-21(20)27/h4-5,8-13,23H,6-7H2,1-3H3. The topological polar surface area (TPSA) is 61.4 Å². The van der Waals surface area contributed by atoms with Gasteiger partial charge in [-0.25, -0.2) is 9.37 Å². The first-order chi connectivity index (χ1) is 15.8. The van der Waals surface area contributed by atoms with Crippen LogP contribution in [0.25, 0.3) is 22.5 Å². The highest BCUT2D eigenvalue weighted by molar-refractivity contribution is 6.30. The maximum Gasteiger partial charge on any atom is 0.261 e. The molecule has 1 aliphatic rings. The molecule has 0 saturated carbocycles. The quantitative estimate of drug-likeness (QED) is 0.425. The Bertz CT molecular complexity index is 1490. The van der Waals surface area contributed by atoms with E-state index in [-0.39, 0.29) is 17.2 Å². The molecule has 6 nitrogen and oxygen atoms in total. The Labute approximate surface area is 194 Å². The number of fused-ring (bicyclic) bond motifs is 1. The summed E-state index contributed by atoms with van der Waals surface area (Å²) in [5.74, 6) is -0.500. The van der Waals surface area contributed by atoms with Crippen LogP contribution in [0.1, 0.15) is 34.9 Å². The summed E-state index contributed by atoms with van der Waals surface area (Å²) in [6.45, 7) is 4.07. The summed E-state index contributed by atoms with van der Waals surface area (Å²) in [5.41, 5.74) is 5.01. The Morgan fingerprint density at radius 1 is 1.21 bits per heavy atom. The molecule has 5 rings (SSSR count). The Morgan fingerprint density at radius 3 is 2.76 bits per heavy atom. The lowest BCUT2D eigenvalue weighted by molar-refractivity contribution is 0.0827. The van der Waals surface area contributed by atoms with Gasteiger partial charge in [0.15, 0.2) is 0 Å².